The summed E-state index contributed by atoms with van der Waals surface area (Å²) in [5.74, 6) is 1.37. The number of nitrogens with two attached hydrogens (primary N) is 1. The topological polar surface area (TPSA) is 98.0 Å². The van der Waals surface area contributed by atoms with Gasteiger partial charge in [-0.2, -0.15) is 0 Å². The van der Waals surface area contributed by atoms with E-state index >= 15 is 0 Å². The molecule has 0 aromatic carbocycles. The van der Waals surface area contributed by atoms with Gasteiger partial charge in [0.1, 0.15) is 11.6 Å². The zero-order valence-corrected chi connectivity index (χ0v) is 9.57. The van der Waals surface area contributed by atoms with Gasteiger partial charge in [-0.25, -0.2) is 8.42 Å². The van der Waals surface area contributed by atoms with E-state index in [4.69, 9.17) is 5.73 Å². The fourth-order valence-electron chi connectivity index (χ4n) is 1.77. The molecule has 2 heterocycles. The van der Waals surface area contributed by atoms with Crippen molar-refractivity contribution >= 4 is 21.5 Å². The Morgan fingerprint density at radius 2 is 2.19 bits per heavy atom. The molecule has 1 unspecified atom stereocenters. The van der Waals surface area contributed by atoms with Crippen molar-refractivity contribution in [3.63, 3.8) is 0 Å². The van der Waals surface area contributed by atoms with Crippen LogP contribution in [0.25, 0.3) is 0 Å². The molecular formula is C9H14N4O2S. The molecule has 0 saturated carbocycles. The maximum absolute atomic E-state index is 11.4. The van der Waals surface area contributed by atoms with Crippen LogP contribution in [-0.4, -0.2) is 36.2 Å². The van der Waals surface area contributed by atoms with Gasteiger partial charge in [-0.15, -0.1) is 10.2 Å². The third-order valence-electron chi connectivity index (χ3n) is 2.50. The largest absolute Gasteiger partial charge is 0.382 e. The summed E-state index contributed by atoms with van der Waals surface area (Å²) in [6.45, 7) is 0. The minimum absolute atomic E-state index is 0.0725. The maximum Gasteiger partial charge on any atom is 0.152 e. The second-order valence-electron chi connectivity index (χ2n) is 3.94. The number of nitrogen functional groups attached to an aromatic ring is 1. The fourth-order valence-corrected chi connectivity index (χ4v) is 3.40. The smallest absolute Gasteiger partial charge is 0.152 e. The Morgan fingerprint density at radius 1 is 1.38 bits per heavy atom. The van der Waals surface area contributed by atoms with E-state index in [1.807, 2.05) is 0 Å². The molecule has 0 bridgehead atoms. The van der Waals surface area contributed by atoms with Crippen LogP contribution in [0.15, 0.2) is 12.1 Å². The lowest BCUT2D eigenvalue weighted by Gasteiger charge is -2.23. The van der Waals surface area contributed by atoms with E-state index in [0.29, 0.717) is 23.8 Å². The molecule has 0 radical (unpaired) electrons. The van der Waals surface area contributed by atoms with Crippen LogP contribution in [0.2, 0.25) is 0 Å². The number of nitrogens with zero attached hydrogens (tertiary/aromatic N) is 2. The first kappa shape index (κ1) is 11.1. The van der Waals surface area contributed by atoms with Gasteiger partial charge in [0.25, 0.3) is 0 Å². The van der Waals surface area contributed by atoms with Crippen molar-refractivity contribution in [1.29, 1.82) is 0 Å². The highest BCUT2D eigenvalue weighted by atomic mass is 32.2. The second kappa shape index (κ2) is 4.25. The third kappa shape index (κ3) is 2.82. The minimum atomic E-state index is -2.90. The Hall–Kier alpha value is -1.37. The Balaban J connectivity index is 2.02. The molecule has 1 atom stereocenters. The second-order valence-corrected chi connectivity index (χ2v) is 6.17. The third-order valence-corrected chi connectivity index (χ3v) is 4.32. The summed E-state index contributed by atoms with van der Waals surface area (Å²) in [7, 11) is -2.90. The minimum Gasteiger partial charge on any atom is -0.382 e. The van der Waals surface area contributed by atoms with Gasteiger partial charge >= 0.3 is 0 Å². The van der Waals surface area contributed by atoms with Gasteiger partial charge in [0.2, 0.25) is 0 Å². The van der Waals surface area contributed by atoms with Crippen LogP contribution in [0.4, 0.5) is 11.6 Å². The molecule has 0 aliphatic carbocycles. The lowest BCUT2D eigenvalue weighted by molar-refractivity contribution is 0.561. The van der Waals surface area contributed by atoms with E-state index in [-0.39, 0.29) is 11.8 Å². The summed E-state index contributed by atoms with van der Waals surface area (Å²) in [4.78, 5) is 0. The summed E-state index contributed by atoms with van der Waals surface area (Å²) < 4.78 is 22.8. The summed E-state index contributed by atoms with van der Waals surface area (Å²) in [5, 5.41) is 10.6. The van der Waals surface area contributed by atoms with Crippen molar-refractivity contribution in [2.45, 2.75) is 18.9 Å². The van der Waals surface area contributed by atoms with Gasteiger partial charge in [-0.3, -0.25) is 0 Å². The molecule has 3 N–H and O–H groups in total. The molecule has 7 heteroatoms. The van der Waals surface area contributed by atoms with Gasteiger partial charge < -0.3 is 11.1 Å². The van der Waals surface area contributed by atoms with E-state index in [2.05, 4.69) is 15.5 Å². The number of aromatic nitrogens is 2. The van der Waals surface area contributed by atoms with E-state index in [1.54, 1.807) is 12.1 Å². The molecule has 1 aromatic heterocycles. The number of anilines is 2. The number of rotatable bonds is 2. The van der Waals surface area contributed by atoms with Crippen LogP contribution in [0.5, 0.6) is 0 Å². The van der Waals surface area contributed by atoms with E-state index in [9.17, 15) is 8.42 Å². The highest BCUT2D eigenvalue weighted by Crippen LogP contribution is 2.16. The molecule has 1 aromatic rings. The molecule has 0 spiro atoms. The first-order valence-electron chi connectivity index (χ1n) is 5.11. The molecule has 88 valence electrons. The maximum atomic E-state index is 11.4. The monoisotopic (exact) mass is 242 g/mol. The number of hydrogen-bond acceptors (Lipinski definition) is 6. The molecule has 0 amide bonds. The highest BCUT2D eigenvalue weighted by molar-refractivity contribution is 7.91. The molecule has 2 rings (SSSR count). The standard InChI is InChI=1S/C9H14N4O2S/c10-8-3-4-9(13-12-8)11-7-2-1-5-16(14,15)6-7/h3-4,7H,1-2,5-6H2,(H2,10,12)(H,11,13). The summed E-state index contributed by atoms with van der Waals surface area (Å²) in [6, 6.07) is 3.26. The van der Waals surface area contributed by atoms with Crippen molar-refractivity contribution < 1.29 is 8.42 Å². The Morgan fingerprint density at radius 3 is 2.81 bits per heavy atom. The zero-order valence-electron chi connectivity index (χ0n) is 8.76. The van der Waals surface area contributed by atoms with Gasteiger partial charge in [0.05, 0.1) is 11.5 Å². The fraction of sp³-hybridized carbons (Fsp3) is 0.556. The van der Waals surface area contributed by atoms with Crippen LogP contribution in [0.1, 0.15) is 12.8 Å². The SMILES string of the molecule is Nc1ccc(NC2CCCS(=O)(=O)C2)nn1. The van der Waals surface area contributed by atoms with Gasteiger partial charge in [0, 0.05) is 6.04 Å². The molecule has 16 heavy (non-hydrogen) atoms. The highest BCUT2D eigenvalue weighted by Gasteiger charge is 2.24. The van der Waals surface area contributed by atoms with Crippen LogP contribution < -0.4 is 11.1 Å². The van der Waals surface area contributed by atoms with Crippen molar-refractivity contribution in [2.24, 2.45) is 0 Å². The van der Waals surface area contributed by atoms with Crippen molar-refractivity contribution in [3.8, 4) is 0 Å². The predicted octanol–water partition coefficient (Wildman–Crippen LogP) is 0.0479. The van der Waals surface area contributed by atoms with Gasteiger partial charge in [0.15, 0.2) is 9.84 Å². The summed E-state index contributed by atoms with van der Waals surface area (Å²) in [5.41, 5.74) is 5.41. The number of sulfone groups is 1. The molecule has 1 fully saturated rings. The lowest BCUT2D eigenvalue weighted by Crippen LogP contribution is -2.35. The van der Waals surface area contributed by atoms with Crippen molar-refractivity contribution in [2.75, 3.05) is 22.6 Å². The Labute approximate surface area is 94.2 Å². The van der Waals surface area contributed by atoms with Crippen molar-refractivity contribution in [3.05, 3.63) is 12.1 Å². The molecular weight excluding hydrogens is 228 g/mol. The van der Waals surface area contributed by atoms with E-state index in [0.717, 1.165) is 6.42 Å². The summed E-state index contributed by atoms with van der Waals surface area (Å²) in [6.07, 6.45) is 1.54. The van der Waals surface area contributed by atoms with E-state index < -0.39 is 9.84 Å². The van der Waals surface area contributed by atoms with Crippen LogP contribution in [0.3, 0.4) is 0 Å². The molecule has 1 saturated heterocycles. The zero-order chi connectivity index (χ0) is 11.6. The van der Waals surface area contributed by atoms with E-state index in [1.165, 1.54) is 0 Å². The average molecular weight is 242 g/mol. The molecule has 6 nitrogen and oxygen atoms in total. The van der Waals surface area contributed by atoms with Gasteiger partial charge in [-0.1, -0.05) is 0 Å². The Kier molecular flexibility index (Phi) is 2.95. The number of nitrogens with one attached hydrogen (secondary N) is 1. The lowest BCUT2D eigenvalue weighted by atomic mass is 10.2. The number of hydrogen-bond donors (Lipinski definition) is 2. The quantitative estimate of drug-likeness (QED) is 0.760. The van der Waals surface area contributed by atoms with Crippen LogP contribution >= 0.6 is 0 Å². The van der Waals surface area contributed by atoms with Crippen LogP contribution in [-0.2, 0) is 9.84 Å². The molecule has 1 aliphatic rings. The predicted molar refractivity (Wildman–Crippen MR) is 61.7 cm³/mol. The Bertz CT molecular complexity index is 457. The average Bonchev–Trinajstić information content (AvgIpc) is 2.20. The molecule has 1 aliphatic heterocycles. The summed E-state index contributed by atoms with van der Waals surface area (Å²) >= 11 is 0. The van der Waals surface area contributed by atoms with Crippen molar-refractivity contribution in [1.82, 2.24) is 10.2 Å². The van der Waals surface area contributed by atoms with Crippen LogP contribution in [0, 0.1) is 0 Å². The normalized spacial score (nSPS) is 23.9. The first-order chi connectivity index (χ1) is 7.55. The first-order valence-corrected chi connectivity index (χ1v) is 6.93. The van der Waals surface area contributed by atoms with Gasteiger partial charge in [-0.05, 0) is 25.0 Å².